The maximum Gasteiger partial charge on any atom is 0.103 e. The number of hydrogen-bond donors (Lipinski definition) is 0. The van der Waals surface area contributed by atoms with Crippen molar-refractivity contribution in [1.29, 1.82) is 0 Å². The summed E-state index contributed by atoms with van der Waals surface area (Å²) >= 11 is 5.85. The van der Waals surface area contributed by atoms with Gasteiger partial charge in [-0.25, -0.2) is 4.68 Å². The van der Waals surface area contributed by atoms with E-state index in [1.165, 1.54) is 0 Å². The zero-order valence-electron chi connectivity index (χ0n) is 11.0. The van der Waals surface area contributed by atoms with E-state index in [1.54, 1.807) is 7.11 Å². The van der Waals surface area contributed by atoms with Crippen molar-refractivity contribution in [2.24, 2.45) is 0 Å². The van der Waals surface area contributed by atoms with Gasteiger partial charge in [0.25, 0.3) is 0 Å². The molecule has 1 aromatic heterocycles. The fraction of sp³-hybridized carbons (Fsp3) is 0.818. The zero-order chi connectivity index (χ0) is 12.8. The molecular weight excluding hydrogens is 240 g/mol. The monoisotopic (exact) mass is 260 g/mol. The molecule has 17 heavy (non-hydrogen) atoms. The normalized spacial score (nSPS) is 13.3. The number of ether oxygens (including phenoxy) is 1. The molecule has 5 nitrogen and oxygen atoms in total. The van der Waals surface area contributed by atoms with Gasteiger partial charge < -0.3 is 9.64 Å². The number of halogens is 1. The maximum atomic E-state index is 5.85. The minimum atomic E-state index is -0.0295. The topological polar surface area (TPSA) is 43.2 Å². The average molecular weight is 261 g/mol. The summed E-state index contributed by atoms with van der Waals surface area (Å²) in [6, 6.07) is 0. The van der Waals surface area contributed by atoms with Gasteiger partial charge in [-0.15, -0.1) is 16.7 Å². The molecule has 0 saturated carbocycles. The van der Waals surface area contributed by atoms with Crippen LogP contribution in [0.4, 0.5) is 0 Å². The van der Waals surface area contributed by atoms with Crippen molar-refractivity contribution in [3.8, 4) is 0 Å². The van der Waals surface area contributed by atoms with E-state index in [1.807, 2.05) is 11.6 Å². The quantitative estimate of drug-likeness (QED) is 0.700. The largest absolute Gasteiger partial charge is 0.375 e. The Morgan fingerprint density at radius 1 is 1.47 bits per heavy atom. The Hall–Kier alpha value is -0.650. The van der Waals surface area contributed by atoms with Crippen LogP contribution < -0.4 is 0 Å². The lowest BCUT2D eigenvalue weighted by atomic mass is 10.2. The molecule has 1 aromatic rings. The highest BCUT2D eigenvalue weighted by atomic mass is 35.5. The van der Waals surface area contributed by atoms with E-state index >= 15 is 0 Å². The molecule has 0 radical (unpaired) electrons. The molecule has 1 unspecified atom stereocenters. The molecule has 1 rings (SSSR count). The molecule has 0 N–H and O–H groups in total. The molecule has 0 aliphatic rings. The number of nitrogens with zero attached hydrogens (tertiary/aromatic N) is 4. The standard InChI is InChI=1S/C11H21ClN4O/c1-9(17-4)11-10(8-12)13-14-16(11)7-5-6-15(2)3/h9H,5-8H2,1-4H3. The minimum absolute atomic E-state index is 0.0295. The van der Waals surface area contributed by atoms with Gasteiger partial charge in [-0.05, 0) is 34.0 Å². The first-order valence-electron chi connectivity index (χ1n) is 5.75. The predicted molar refractivity (Wildman–Crippen MR) is 68.2 cm³/mol. The van der Waals surface area contributed by atoms with Crippen LogP contribution in [-0.4, -0.2) is 47.6 Å². The second kappa shape index (κ2) is 6.93. The highest BCUT2D eigenvalue weighted by molar-refractivity contribution is 6.16. The van der Waals surface area contributed by atoms with E-state index in [0.717, 1.165) is 30.9 Å². The Balaban J connectivity index is 2.73. The van der Waals surface area contributed by atoms with Crippen molar-refractivity contribution in [2.45, 2.75) is 31.9 Å². The van der Waals surface area contributed by atoms with E-state index < -0.39 is 0 Å². The zero-order valence-corrected chi connectivity index (χ0v) is 11.7. The van der Waals surface area contributed by atoms with Crippen LogP contribution >= 0.6 is 11.6 Å². The van der Waals surface area contributed by atoms with Crippen molar-refractivity contribution in [3.63, 3.8) is 0 Å². The molecule has 0 fully saturated rings. The fourth-order valence-electron chi connectivity index (χ4n) is 1.71. The van der Waals surface area contributed by atoms with Crippen LogP contribution in [0.15, 0.2) is 0 Å². The summed E-state index contributed by atoms with van der Waals surface area (Å²) in [7, 11) is 5.80. The Bertz CT molecular complexity index is 340. The molecule has 1 atom stereocenters. The van der Waals surface area contributed by atoms with Crippen LogP contribution in [0.25, 0.3) is 0 Å². The SMILES string of the molecule is COC(C)c1c(CCl)nnn1CCCN(C)C. The second-order valence-corrected chi connectivity index (χ2v) is 4.58. The third kappa shape index (κ3) is 3.94. The third-order valence-electron chi connectivity index (χ3n) is 2.69. The Kier molecular flexibility index (Phi) is 5.88. The number of alkyl halides is 1. The molecule has 0 saturated heterocycles. The highest BCUT2D eigenvalue weighted by Gasteiger charge is 2.17. The van der Waals surface area contributed by atoms with E-state index in [-0.39, 0.29) is 6.10 Å². The van der Waals surface area contributed by atoms with Gasteiger partial charge in [-0.3, -0.25) is 0 Å². The van der Waals surface area contributed by atoms with Gasteiger partial charge in [0.2, 0.25) is 0 Å². The van der Waals surface area contributed by atoms with Crippen molar-refractivity contribution in [1.82, 2.24) is 19.9 Å². The van der Waals surface area contributed by atoms with Gasteiger partial charge in [-0.1, -0.05) is 5.21 Å². The van der Waals surface area contributed by atoms with Crippen LogP contribution in [0.2, 0.25) is 0 Å². The van der Waals surface area contributed by atoms with Gasteiger partial charge in [0.05, 0.1) is 17.7 Å². The maximum absolute atomic E-state index is 5.85. The molecule has 6 heteroatoms. The summed E-state index contributed by atoms with van der Waals surface area (Å²) in [5, 5.41) is 8.23. The van der Waals surface area contributed by atoms with Gasteiger partial charge in [0.1, 0.15) is 5.69 Å². The lowest BCUT2D eigenvalue weighted by Crippen LogP contribution is -2.17. The van der Waals surface area contributed by atoms with Crippen LogP contribution in [0, 0.1) is 0 Å². The number of rotatable bonds is 7. The Labute approximate surface area is 108 Å². The Morgan fingerprint density at radius 2 is 2.18 bits per heavy atom. The summed E-state index contributed by atoms with van der Waals surface area (Å²) in [5.41, 5.74) is 1.80. The Morgan fingerprint density at radius 3 is 2.71 bits per heavy atom. The molecule has 0 aliphatic carbocycles. The lowest BCUT2D eigenvalue weighted by Gasteiger charge is -2.14. The van der Waals surface area contributed by atoms with Crippen molar-refractivity contribution in [3.05, 3.63) is 11.4 Å². The lowest BCUT2D eigenvalue weighted by molar-refractivity contribution is 0.110. The first kappa shape index (κ1) is 14.4. The minimum Gasteiger partial charge on any atom is -0.375 e. The van der Waals surface area contributed by atoms with E-state index in [2.05, 4.69) is 29.3 Å². The number of hydrogen-bond acceptors (Lipinski definition) is 4. The first-order chi connectivity index (χ1) is 8.10. The molecule has 0 aliphatic heterocycles. The molecular formula is C11H21ClN4O. The number of aryl methyl sites for hydroxylation is 1. The third-order valence-corrected chi connectivity index (χ3v) is 2.94. The van der Waals surface area contributed by atoms with Crippen molar-refractivity contribution < 1.29 is 4.74 Å². The van der Waals surface area contributed by atoms with Crippen molar-refractivity contribution >= 4 is 11.6 Å². The van der Waals surface area contributed by atoms with Gasteiger partial charge >= 0.3 is 0 Å². The number of methoxy groups -OCH3 is 1. The average Bonchev–Trinajstić information content (AvgIpc) is 2.70. The molecule has 0 amide bonds. The van der Waals surface area contributed by atoms with Gasteiger partial charge in [0.15, 0.2) is 0 Å². The van der Waals surface area contributed by atoms with Crippen LogP contribution in [0.5, 0.6) is 0 Å². The van der Waals surface area contributed by atoms with E-state index in [9.17, 15) is 0 Å². The fourth-order valence-corrected chi connectivity index (χ4v) is 1.90. The molecule has 0 aromatic carbocycles. The predicted octanol–water partition coefficient (Wildman–Crippen LogP) is 1.68. The van der Waals surface area contributed by atoms with Crippen LogP contribution in [0.1, 0.15) is 30.8 Å². The summed E-state index contributed by atoms with van der Waals surface area (Å²) in [5.74, 6) is 0.372. The van der Waals surface area contributed by atoms with Crippen LogP contribution in [-0.2, 0) is 17.2 Å². The van der Waals surface area contributed by atoms with E-state index in [4.69, 9.17) is 16.3 Å². The summed E-state index contributed by atoms with van der Waals surface area (Å²) in [6.07, 6.45) is 1.000. The smallest absolute Gasteiger partial charge is 0.103 e. The first-order valence-corrected chi connectivity index (χ1v) is 6.29. The summed E-state index contributed by atoms with van der Waals surface area (Å²) in [6.45, 7) is 3.85. The van der Waals surface area contributed by atoms with Crippen LogP contribution in [0.3, 0.4) is 0 Å². The van der Waals surface area contributed by atoms with Gasteiger partial charge in [0, 0.05) is 13.7 Å². The molecule has 1 heterocycles. The second-order valence-electron chi connectivity index (χ2n) is 4.31. The summed E-state index contributed by atoms with van der Waals surface area (Å²) in [4.78, 5) is 2.15. The molecule has 98 valence electrons. The number of aromatic nitrogens is 3. The van der Waals surface area contributed by atoms with Crippen molar-refractivity contribution in [2.75, 3.05) is 27.7 Å². The molecule has 0 bridgehead atoms. The highest BCUT2D eigenvalue weighted by Crippen LogP contribution is 2.20. The van der Waals surface area contributed by atoms with Gasteiger partial charge in [-0.2, -0.15) is 0 Å². The summed E-state index contributed by atoms with van der Waals surface area (Å²) < 4.78 is 7.23. The molecule has 0 spiro atoms. The van der Waals surface area contributed by atoms with E-state index in [0.29, 0.717) is 5.88 Å².